The van der Waals surface area contributed by atoms with Crippen LogP contribution in [-0.4, -0.2) is 19.3 Å². The second-order valence-electron chi connectivity index (χ2n) is 4.33. The predicted octanol–water partition coefficient (Wildman–Crippen LogP) is 2.78. The van der Waals surface area contributed by atoms with Crippen LogP contribution in [0.15, 0.2) is 30.6 Å². The summed E-state index contributed by atoms with van der Waals surface area (Å²) in [6, 6.07) is 8.05. The van der Waals surface area contributed by atoms with Crippen LogP contribution in [0.4, 0.5) is 0 Å². The third-order valence-corrected chi connectivity index (χ3v) is 3.60. The molecule has 0 saturated heterocycles. The fraction of sp³-hybridized carbons (Fsp3) is 0.231. The summed E-state index contributed by atoms with van der Waals surface area (Å²) in [5, 5.41) is 5.05. The van der Waals surface area contributed by atoms with Gasteiger partial charge in [-0.1, -0.05) is 23.7 Å². The first-order valence-electron chi connectivity index (χ1n) is 5.74. The van der Waals surface area contributed by atoms with Crippen molar-refractivity contribution in [2.45, 2.75) is 13.5 Å². The fourth-order valence-corrected chi connectivity index (χ4v) is 2.37. The average Bonchev–Trinajstić information content (AvgIpc) is 2.87. The molecule has 0 saturated carbocycles. The number of aromatic nitrogens is 4. The lowest BCUT2D eigenvalue weighted by Gasteiger charge is -2.05. The molecule has 0 aliphatic heterocycles. The molecule has 0 fully saturated rings. The van der Waals surface area contributed by atoms with E-state index in [0.29, 0.717) is 6.54 Å². The highest BCUT2D eigenvalue weighted by atomic mass is 35.5. The average molecular weight is 261 g/mol. The van der Waals surface area contributed by atoms with Crippen molar-refractivity contribution in [3.05, 3.63) is 47.0 Å². The lowest BCUT2D eigenvalue weighted by atomic mass is 10.3. The minimum Gasteiger partial charge on any atom is -0.324 e. The number of hydrogen-bond acceptors (Lipinski definition) is 2. The molecule has 2 aromatic heterocycles. The van der Waals surface area contributed by atoms with E-state index in [-0.39, 0.29) is 0 Å². The zero-order chi connectivity index (χ0) is 12.7. The minimum absolute atomic E-state index is 0.677. The van der Waals surface area contributed by atoms with Crippen LogP contribution in [0.2, 0.25) is 5.02 Å². The number of aryl methyl sites for hydroxylation is 2. The van der Waals surface area contributed by atoms with Gasteiger partial charge in [0.15, 0.2) is 0 Å². The Bertz CT molecular complexity index is 711. The van der Waals surface area contributed by atoms with Gasteiger partial charge in [-0.25, -0.2) is 4.98 Å². The van der Waals surface area contributed by atoms with E-state index in [0.717, 1.165) is 27.4 Å². The molecule has 0 aliphatic rings. The molecule has 0 unspecified atom stereocenters. The lowest BCUT2D eigenvalue weighted by Crippen LogP contribution is -2.05. The molecular formula is C13H13ClN4. The fourth-order valence-electron chi connectivity index (χ4n) is 2.15. The topological polar surface area (TPSA) is 35.6 Å². The van der Waals surface area contributed by atoms with Gasteiger partial charge in [-0.05, 0) is 19.1 Å². The normalized spacial score (nSPS) is 11.3. The molecule has 3 aromatic rings. The van der Waals surface area contributed by atoms with E-state index in [4.69, 9.17) is 11.6 Å². The highest BCUT2D eigenvalue weighted by Crippen LogP contribution is 2.22. The molecule has 1 aromatic carbocycles. The van der Waals surface area contributed by atoms with Gasteiger partial charge in [-0.3, -0.25) is 4.68 Å². The van der Waals surface area contributed by atoms with Gasteiger partial charge >= 0.3 is 0 Å². The number of rotatable bonds is 2. The smallest absolute Gasteiger partial charge is 0.0962 e. The van der Waals surface area contributed by atoms with Crippen molar-refractivity contribution < 1.29 is 0 Å². The van der Waals surface area contributed by atoms with Crippen molar-refractivity contribution in [3.63, 3.8) is 0 Å². The van der Waals surface area contributed by atoms with Crippen molar-refractivity contribution in [1.82, 2.24) is 19.3 Å². The third-order valence-electron chi connectivity index (χ3n) is 3.11. The highest BCUT2D eigenvalue weighted by molar-refractivity contribution is 6.31. The van der Waals surface area contributed by atoms with Gasteiger partial charge in [-0.2, -0.15) is 5.10 Å². The number of nitrogens with zero attached hydrogens (tertiary/aromatic N) is 4. The Morgan fingerprint density at radius 1 is 1.28 bits per heavy atom. The molecule has 3 rings (SSSR count). The van der Waals surface area contributed by atoms with Gasteiger partial charge in [0, 0.05) is 7.05 Å². The molecule has 18 heavy (non-hydrogen) atoms. The lowest BCUT2D eigenvalue weighted by molar-refractivity contribution is 0.671. The first kappa shape index (κ1) is 11.3. The van der Waals surface area contributed by atoms with Crippen molar-refractivity contribution in [1.29, 1.82) is 0 Å². The molecule has 0 amide bonds. The summed E-state index contributed by atoms with van der Waals surface area (Å²) in [6.45, 7) is 2.59. The van der Waals surface area contributed by atoms with Gasteiger partial charge < -0.3 is 4.57 Å². The van der Waals surface area contributed by atoms with Gasteiger partial charge in [0.05, 0.1) is 40.3 Å². The van der Waals surface area contributed by atoms with E-state index in [2.05, 4.69) is 20.7 Å². The Kier molecular flexibility index (Phi) is 2.59. The number of para-hydroxylation sites is 2. The third kappa shape index (κ3) is 1.69. The Balaban J connectivity index is 2.07. The molecule has 0 atom stereocenters. The van der Waals surface area contributed by atoms with Crippen molar-refractivity contribution in [2.24, 2.45) is 7.05 Å². The summed E-state index contributed by atoms with van der Waals surface area (Å²) in [7, 11) is 1.91. The molecule has 0 radical (unpaired) electrons. The van der Waals surface area contributed by atoms with Crippen molar-refractivity contribution >= 4 is 22.6 Å². The zero-order valence-electron chi connectivity index (χ0n) is 10.3. The summed E-state index contributed by atoms with van der Waals surface area (Å²) >= 11 is 6.27. The van der Waals surface area contributed by atoms with Gasteiger partial charge in [0.1, 0.15) is 0 Å². The first-order chi connectivity index (χ1) is 8.66. The van der Waals surface area contributed by atoms with E-state index in [1.807, 2.05) is 43.2 Å². The van der Waals surface area contributed by atoms with E-state index < -0.39 is 0 Å². The minimum atomic E-state index is 0.677. The standard InChI is InChI=1S/C13H13ClN4/c1-9-13(14)12(17(2)16-9)7-18-8-15-10-5-3-4-6-11(10)18/h3-6,8H,7H2,1-2H3. The SMILES string of the molecule is Cc1nn(C)c(Cn2cnc3ccccc32)c1Cl. The van der Waals surface area contributed by atoms with E-state index in [9.17, 15) is 0 Å². The molecular weight excluding hydrogens is 248 g/mol. The maximum Gasteiger partial charge on any atom is 0.0962 e. The van der Waals surface area contributed by atoms with Crippen LogP contribution in [-0.2, 0) is 13.6 Å². The number of hydrogen-bond donors (Lipinski definition) is 0. The second-order valence-corrected chi connectivity index (χ2v) is 4.71. The Labute approximate surface area is 110 Å². The van der Waals surface area contributed by atoms with E-state index in [1.165, 1.54) is 0 Å². The number of benzene rings is 1. The Morgan fingerprint density at radius 3 is 2.78 bits per heavy atom. The first-order valence-corrected chi connectivity index (χ1v) is 6.12. The zero-order valence-corrected chi connectivity index (χ0v) is 11.0. The summed E-state index contributed by atoms with van der Waals surface area (Å²) in [5.41, 5.74) is 3.95. The van der Waals surface area contributed by atoms with E-state index >= 15 is 0 Å². The highest BCUT2D eigenvalue weighted by Gasteiger charge is 2.12. The maximum absolute atomic E-state index is 6.27. The molecule has 4 nitrogen and oxygen atoms in total. The molecule has 0 bridgehead atoms. The van der Waals surface area contributed by atoms with Crippen molar-refractivity contribution in [3.8, 4) is 0 Å². The summed E-state index contributed by atoms with van der Waals surface area (Å²) in [6.07, 6.45) is 1.84. The Hall–Kier alpha value is -1.81. The molecule has 2 heterocycles. The van der Waals surface area contributed by atoms with Crippen LogP contribution in [0.1, 0.15) is 11.4 Å². The summed E-state index contributed by atoms with van der Waals surface area (Å²) in [4.78, 5) is 4.37. The molecule has 5 heteroatoms. The van der Waals surface area contributed by atoms with Crippen LogP contribution in [0, 0.1) is 6.92 Å². The van der Waals surface area contributed by atoms with Crippen LogP contribution >= 0.6 is 11.6 Å². The van der Waals surface area contributed by atoms with Gasteiger partial charge in [-0.15, -0.1) is 0 Å². The molecule has 0 aliphatic carbocycles. The summed E-state index contributed by atoms with van der Waals surface area (Å²) in [5.74, 6) is 0. The van der Waals surface area contributed by atoms with Gasteiger partial charge in [0.2, 0.25) is 0 Å². The maximum atomic E-state index is 6.27. The molecule has 0 spiro atoms. The quantitative estimate of drug-likeness (QED) is 0.710. The summed E-state index contributed by atoms with van der Waals surface area (Å²) < 4.78 is 3.91. The van der Waals surface area contributed by atoms with Crippen molar-refractivity contribution in [2.75, 3.05) is 0 Å². The number of imidazole rings is 1. The largest absolute Gasteiger partial charge is 0.324 e. The van der Waals surface area contributed by atoms with Crippen LogP contribution in [0.3, 0.4) is 0 Å². The second kappa shape index (κ2) is 4.14. The van der Waals surface area contributed by atoms with Crippen LogP contribution in [0.5, 0.6) is 0 Å². The molecule has 92 valence electrons. The monoisotopic (exact) mass is 260 g/mol. The molecule has 0 N–H and O–H groups in total. The van der Waals surface area contributed by atoms with Crippen LogP contribution < -0.4 is 0 Å². The number of halogens is 1. The van der Waals surface area contributed by atoms with Gasteiger partial charge in [0.25, 0.3) is 0 Å². The number of fused-ring (bicyclic) bond motifs is 1. The van der Waals surface area contributed by atoms with E-state index in [1.54, 1.807) is 0 Å². The Morgan fingerprint density at radius 2 is 2.06 bits per heavy atom. The predicted molar refractivity (Wildman–Crippen MR) is 71.8 cm³/mol. The van der Waals surface area contributed by atoms with Crippen LogP contribution in [0.25, 0.3) is 11.0 Å².